The second-order valence-electron chi connectivity index (χ2n) is 13.4. The van der Waals surface area contributed by atoms with Crippen LogP contribution in [-0.2, 0) is 28.7 Å². The minimum absolute atomic E-state index is 0.0988. The molecule has 0 bridgehead atoms. The molecule has 2 fully saturated rings. The van der Waals surface area contributed by atoms with Crippen LogP contribution >= 0.6 is 11.6 Å². The highest BCUT2D eigenvalue weighted by Crippen LogP contribution is 2.54. The number of hydrogen-bond acceptors (Lipinski definition) is 7. The summed E-state index contributed by atoms with van der Waals surface area (Å²) >= 11 is 6.16. The topological polar surface area (TPSA) is 117 Å². The van der Waals surface area contributed by atoms with E-state index in [1.54, 1.807) is 65.4 Å². The van der Waals surface area contributed by atoms with Crippen molar-refractivity contribution in [1.29, 1.82) is 0 Å². The molecule has 48 heavy (non-hydrogen) atoms. The number of benzene rings is 2. The zero-order valence-electron chi connectivity index (χ0n) is 27.6. The fourth-order valence-electron chi connectivity index (χ4n) is 7.66. The lowest BCUT2D eigenvalue weighted by Gasteiger charge is -2.39. The van der Waals surface area contributed by atoms with Gasteiger partial charge in [0.15, 0.2) is 0 Å². The highest BCUT2D eigenvalue weighted by Gasteiger charge is 2.72. The summed E-state index contributed by atoms with van der Waals surface area (Å²) in [4.78, 5) is 61.9. The lowest BCUT2D eigenvalue weighted by atomic mass is 9.77. The smallest absolute Gasteiger partial charge is 0.313 e. The first-order valence-electron chi connectivity index (χ1n) is 16.5. The van der Waals surface area contributed by atoms with Crippen molar-refractivity contribution in [3.8, 4) is 0 Å². The van der Waals surface area contributed by atoms with Crippen LogP contribution in [0.2, 0.25) is 5.02 Å². The van der Waals surface area contributed by atoms with Crippen LogP contribution in [-0.4, -0.2) is 88.6 Å². The van der Waals surface area contributed by atoms with E-state index in [-0.39, 0.29) is 31.4 Å². The van der Waals surface area contributed by atoms with Gasteiger partial charge < -0.3 is 29.3 Å². The number of nitrogens with zero attached hydrogens (tertiary/aromatic N) is 3. The fourth-order valence-corrected chi connectivity index (χ4v) is 7.78. The third kappa shape index (κ3) is 5.73. The van der Waals surface area contributed by atoms with Gasteiger partial charge in [0.05, 0.1) is 30.7 Å². The number of halogens is 1. The summed E-state index contributed by atoms with van der Waals surface area (Å²) in [5, 5.41) is 11.1. The Morgan fingerprint density at radius 2 is 1.71 bits per heavy atom. The van der Waals surface area contributed by atoms with E-state index < -0.39 is 65.6 Å². The third-order valence-electron chi connectivity index (χ3n) is 10.3. The largest absolute Gasteiger partial charge is 0.455 e. The second kappa shape index (κ2) is 13.5. The highest BCUT2D eigenvalue weighted by molar-refractivity contribution is 6.30. The lowest BCUT2D eigenvalue weighted by Crippen LogP contribution is -2.59. The molecule has 254 valence electrons. The quantitative estimate of drug-likeness (QED) is 0.371. The van der Waals surface area contributed by atoms with E-state index in [1.807, 2.05) is 51.1 Å². The van der Waals surface area contributed by atoms with Gasteiger partial charge in [-0.15, -0.1) is 0 Å². The Bertz CT molecular complexity index is 1610. The van der Waals surface area contributed by atoms with Gasteiger partial charge in [0.2, 0.25) is 11.8 Å². The standard InChI is InChI=1S/C37H42ClN3O7/c1-22(2)27(21-42)41-33-35(45)40(26-17-15-25(38)16-18-26)20-10-19-37(33)31(34(41)44)30-28(48-37)13-8-9-14-29(43)39(4)23(3)32(47-36(30)46)24-11-6-5-7-12-24/h5-8,10-13,15-19,22-23,27-28,30-33,42H,9,14,20-21H2,1-4H3/b13-8-/t23-,27+,28-,30+,31+,32+,33-,37+/m1/s1. The van der Waals surface area contributed by atoms with Crippen molar-refractivity contribution in [3.63, 3.8) is 0 Å². The molecule has 4 heterocycles. The monoisotopic (exact) mass is 675 g/mol. The zero-order valence-corrected chi connectivity index (χ0v) is 28.3. The Labute approximate surface area is 285 Å². The molecule has 4 aliphatic rings. The van der Waals surface area contributed by atoms with E-state index in [9.17, 15) is 24.3 Å². The van der Waals surface area contributed by atoms with Gasteiger partial charge in [-0.3, -0.25) is 19.2 Å². The number of amides is 3. The van der Waals surface area contributed by atoms with Gasteiger partial charge in [-0.25, -0.2) is 0 Å². The van der Waals surface area contributed by atoms with Crippen LogP contribution in [0.1, 0.15) is 45.3 Å². The van der Waals surface area contributed by atoms with Crippen molar-refractivity contribution >= 4 is 41.0 Å². The maximum Gasteiger partial charge on any atom is 0.313 e. The third-order valence-corrected chi connectivity index (χ3v) is 10.6. The number of aliphatic hydroxyl groups excluding tert-OH is 1. The Morgan fingerprint density at radius 3 is 2.38 bits per heavy atom. The van der Waals surface area contributed by atoms with Gasteiger partial charge in [-0.1, -0.05) is 80.1 Å². The Morgan fingerprint density at radius 1 is 1.00 bits per heavy atom. The maximum absolute atomic E-state index is 14.8. The van der Waals surface area contributed by atoms with E-state index in [1.165, 1.54) is 4.90 Å². The minimum Gasteiger partial charge on any atom is -0.455 e. The van der Waals surface area contributed by atoms with Crippen LogP contribution < -0.4 is 4.90 Å². The predicted octanol–water partition coefficient (Wildman–Crippen LogP) is 4.32. The molecule has 10 nitrogen and oxygen atoms in total. The van der Waals surface area contributed by atoms with Crippen molar-refractivity contribution in [2.24, 2.45) is 17.8 Å². The number of allylic oxidation sites excluding steroid dienone is 1. The number of ether oxygens (including phenoxy) is 2. The van der Waals surface area contributed by atoms with Gasteiger partial charge in [0.1, 0.15) is 23.7 Å². The van der Waals surface area contributed by atoms with E-state index in [2.05, 4.69) is 0 Å². The normalized spacial score (nSPS) is 32.2. The van der Waals surface area contributed by atoms with Crippen LogP contribution in [0.25, 0.3) is 0 Å². The minimum atomic E-state index is -1.53. The highest BCUT2D eigenvalue weighted by atomic mass is 35.5. The summed E-state index contributed by atoms with van der Waals surface area (Å²) in [5.74, 6) is -4.04. The maximum atomic E-state index is 14.8. The summed E-state index contributed by atoms with van der Waals surface area (Å²) in [6.07, 6.45) is 5.94. The van der Waals surface area contributed by atoms with Crippen molar-refractivity contribution in [1.82, 2.24) is 9.80 Å². The molecule has 1 N–H and O–H groups in total. The predicted molar refractivity (Wildman–Crippen MR) is 180 cm³/mol. The Kier molecular flexibility index (Phi) is 9.53. The number of likely N-dealkylation sites (tertiary alicyclic amines) is 1. The summed E-state index contributed by atoms with van der Waals surface area (Å²) in [5.41, 5.74) is -0.238. The molecular weight excluding hydrogens is 634 g/mol. The van der Waals surface area contributed by atoms with Crippen molar-refractivity contribution in [2.75, 3.05) is 25.1 Å². The van der Waals surface area contributed by atoms with E-state index in [0.29, 0.717) is 22.7 Å². The number of aliphatic hydroxyl groups is 1. The molecule has 6 rings (SSSR count). The molecule has 4 aliphatic heterocycles. The molecule has 0 radical (unpaired) electrons. The number of cyclic esters (lactones) is 1. The van der Waals surface area contributed by atoms with Crippen molar-refractivity contribution in [2.45, 2.75) is 69.5 Å². The van der Waals surface area contributed by atoms with Crippen molar-refractivity contribution in [3.05, 3.63) is 89.5 Å². The first-order chi connectivity index (χ1) is 23.0. The number of fused-ring (bicyclic) bond motifs is 2. The van der Waals surface area contributed by atoms with Crippen LogP contribution in [0, 0.1) is 17.8 Å². The molecule has 2 saturated heterocycles. The molecule has 8 atom stereocenters. The lowest BCUT2D eigenvalue weighted by molar-refractivity contribution is -0.164. The molecule has 0 aromatic heterocycles. The SMILES string of the molecule is CC(C)[C@H](CO)N1C(=O)[C@@H]2[C@H]3C(=O)O[C@H](c4ccccc4)[C@@H](C)N(C)C(=O)CC/C=C\[C@H]3O[C@@]23C=CCN(c2ccc(Cl)cc2)C(=O)[C@@H]13. The number of hydrogen-bond donors (Lipinski definition) is 1. The number of rotatable bonds is 5. The summed E-state index contributed by atoms with van der Waals surface area (Å²) in [6, 6.07) is 13.7. The molecule has 0 aliphatic carbocycles. The molecular formula is C37H42ClN3O7. The molecule has 2 aromatic rings. The molecule has 0 unspecified atom stereocenters. The Hall–Kier alpha value is -3.99. The van der Waals surface area contributed by atoms with Gasteiger partial charge in [0.25, 0.3) is 5.91 Å². The fraction of sp³-hybridized carbons (Fsp3) is 0.459. The molecule has 2 aromatic carbocycles. The zero-order chi connectivity index (χ0) is 34.3. The number of esters is 1. The van der Waals surface area contributed by atoms with Crippen LogP contribution in [0.4, 0.5) is 5.69 Å². The van der Waals surface area contributed by atoms with E-state index >= 15 is 0 Å². The number of carbonyl (C=O) groups is 4. The number of anilines is 1. The second-order valence-corrected chi connectivity index (χ2v) is 13.8. The Balaban J connectivity index is 1.48. The summed E-state index contributed by atoms with van der Waals surface area (Å²) < 4.78 is 13.1. The average Bonchev–Trinajstić information content (AvgIpc) is 3.46. The van der Waals surface area contributed by atoms with Crippen molar-refractivity contribution < 1.29 is 33.8 Å². The first-order valence-corrected chi connectivity index (χ1v) is 16.9. The van der Waals surface area contributed by atoms with E-state index in [0.717, 1.165) is 0 Å². The molecule has 1 spiro atoms. The van der Waals surface area contributed by atoms with Crippen LogP contribution in [0.5, 0.6) is 0 Å². The summed E-state index contributed by atoms with van der Waals surface area (Å²) in [6.45, 7) is 5.40. The molecule has 3 amide bonds. The summed E-state index contributed by atoms with van der Waals surface area (Å²) in [7, 11) is 1.70. The van der Waals surface area contributed by atoms with Gasteiger partial charge in [0, 0.05) is 30.7 Å². The molecule has 11 heteroatoms. The number of carbonyl (C=O) groups excluding carboxylic acids is 4. The van der Waals surface area contributed by atoms with Crippen LogP contribution in [0.3, 0.4) is 0 Å². The van der Waals surface area contributed by atoms with Gasteiger partial charge in [-0.2, -0.15) is 0 Å². The van der Waals surface area contributed by atoms with Gasteiger partial charge >= 0.3 is 5.97 Å². The molecule has 0 saturated carbocycles. The number of likely N-dealkylation sites (N-methyl/N-ethyl adjacent to an activating group) is 1. The van der Waals surface area contributed by atoms with Crippen LogP contribution in [0.15, 0.2) is 78.9 Å². The first kappa shape index (κ1) is 33.9. The van der Waals surface area contributed by atoms with E-state index in [4.69, 9.17) is 21.1 Å². The average molecular weight is 676 g/mol. The van der Waals surface area contributed by atoms with Gasteiger partial charge in [-0.05, 0) is 49.1 Å².